The molecule has 1 aliphatic heterocycles. The zero-order valence-electron chi connectivity index (χ0n) is 53.0. The van der Waals surface area contributed by atoms with Crippen molar-refractivity contribution in [3.05, 3.63) is 147 Å². The molecule has 5 aromatic rings. The molecule has 0 saturated carbocycles. The van der Waals surface area contributed by atoms with Gasteiger partial charge < -0.3 is 55.0 Å². The first-order valence-corrected chi connectivity index (χ1v) is 28.0. The third-order valence-electron chi connectivity index (χ3n) is 10.5. The van der Waals surface area contributed by atoms with Crippen molar-refractivity contribution in [2.24, 2.45) is 0 Å². The van der Waals surface area contributed by atoms with Gasteiger partial charge in [0.2, 0.25) is 0 Å². The van der Waals surface area contributed by atoms with E-state index in [4.69, 9.17) is 48.8 Å². The molecular weight excluding hydrogens is 1340 g/mol. The summed E-state index contributed by atoms with van der Waals surface area (Å²) in [5, 5.41) is 35.4. The number of phenolic OH excluding ortho intramolecular Hbond substituents is 1. The number of esters is 2. The second-order valence-electron chi connectivity index (χ2n) is 19.4. The first kappa shape index (κ1) is 90.6. The molecular formula is C61H78AlBrF15LiO13. The van der Waals surface area contributed by atoms with E-state index in [0.717, 1.165) is 67.8 Å². The molecule has 5 atom stereocenters. The van der Waals surface area contributed by atoms with Gasteiger partial charge in [0.25, 0.3) is 0 Å². The van der Waals surface area contributed by atoms with E-state index < -0.39 is 89.5 Å². The minimum atomic E-state index is -4.45. The molecule has 92 heavy (non-hydrogen) atoms. The Hall–Kier alpha value is -5.56. The van der Waals surface area contributed by atoms with Gasteiger partial charge in [-0.25, -0.2) is 4.79 Å². The molecule has 0 amide bonds. The van der Waals surface area contributed by atoms with Gasteiger partial charge in [-0.15, -0.1) is 0 Å². The summed E-state index contributed by atoms with van der Waals surface area (Å²) in [6, 6.07) is 16.4. The van der Waals surface area contributed by atoms with E-state index >= 15 is 0 Å². The summed E-state index contributed by atoms with van der Waals surface area (Å²) >= 11 is 3.07. The van der Waals surface area contributed by atoms with Crippen LogP contribution >= 0.6 is 15.9 Å². The maximum absolute atomic E-state index is 12.6. The van der Waals surface area contributed by atoms with E-state index in [-0.39, 0.29) is 90.4 Å². The SMILES string of the molecule is C1CCOC1.CCOC(=O)C(C)Br.CCOC(=O)C(C)Oc1cc(C)cc(C(F)(F)F)c1.Cc1cc(O)cc(C(F)(F)F)c1.Cc1cc(OC(C)CO)cc(C(F)(F)F)c1.Cc1cc(O[C@@H](C)O)cc(C(F)(F)F)c1.Cc1cc(O[C@H](C)O)cc(C(F)(F)F)c1.[AlH3].[H-].[Li+]. The molecule has 0 aliphatic carbocycles. The summed E-state index contributed by atoms with van der Waals surface area (Å²) in [5.74, 6) is -1.04. The van der Waals surface area contributed by atoms with Gasteiger partial charge >= 0.3 is 61.7 Å². The topological polar surface area (TPSA) is 180 Å². The van der Waals surface area contributed by atoms with E-state index in [0.29, 0.717) is 40.5 Å². The molecule has 4 N–H and O–H groups in total. The summed E-state index contributed by atoms with van der Waals surface area (Å²) in [6.07, 6.45) is -23.2. The molecule has 6 rings (SSSR count). The number of phenols is 1. The number of carbonyl (C=O) groups is 2. The van der Waals surface area contributed by atoms with Crippen LogP contribution in [0.4, 0.5) is 65.9 Å². The Morgan fingerprint density at radius 3 is 0.978 bits per heavy atom. The maximum Gasteiger partial charge on any atom is 1.00 e. The average molecular weight is 1420 g/mol. The summed E-state index contributed by atoms with van der Waals surface area (Å²) < 4.78 is 220. The van der Waals surface area contributed by atoms with Crippen LogP contribution in [0.2, 0.25) is 0 Å². The molecule has 1 fully saturated rings. The average Bonchev–Trinajstić information content (AvgIpc) is 1.11. The fourth-order valence-electron chi connectivity index (χ4n) is 6.79. The van der Waals surface area contributed by atoms with Crippen molar-refractivity contribution in [2.45, 2.75) is 156 Å². The number of alkyl halides is 16. The van der Waals surface area contributed by atoms with Crippen molar-refractivity contribution in [1.82, 2.24) is 0 Å². The largest absolute Gasteiger partial charge is 1.00 e. The van der Waals surface area contributed by atoms with E-state index in [9.17, 15) is 75.4 Å². The van der Waals surface area contributed by atoms with Crippen LogP contribution in [0.15, 0.2) is 91.0 Å². The second kappa shape index (κ2) is 42.7. The van der Waals surface area contributed by atoms with Gasteiger partial charge in [-0.1, -0.05) is 15.9 Å². The maximum atomic E-state index is 12.6. The zero-order valence-corrected chi connectivity index (χ0v) is 53.6. The minimum absolute atomic E-state index is 0. The third-order valence-corrected chi connectivity index (χ3v) is 10.9. The fraction of sp³-hybridized carbons (Fsp3) is 0.475. The first-order chi connectivity index (χ1) is 41.2. The normalized spacial score (nSPS) is 13.5. The van der Waals surface area contributed by atoms with E-state index in [1.54, 1.807) is 34.6 Å². The van der Waals surface area contributed by atoms with Crippen LogP contribution in [0, 0.1) is 34.6 Å². The number of aryl methyl sites for hydroxylation is 5. The molecule has 0 radical (unpaired) electrons. The molecule has 1 heterocycles. The Bertz CT molecular complexity index is 2850. The van der Waals surface area contributed by atoms with Crippen molar-refractivity contribution in [3.63, 3.8) is 0 Å². The number of benzene rings is 5. The molecule has 0 aromatic heterocycles. The molecule has 3 unspecified atom stereocenters. The van der Waals surface area contributed by atoms with Crippen LogP contribution in [-0.4, -0.2) is 112 Å². The van der Waals surface area contributed by atoms with Crippen molar-refractivity contribution in [3.8, 4) is 28.7 Å². The standard InChI is InChI=1S/C13H15F3O3.C11H13F3O2.2C10H11F3O2.C8H7F3O.C5H9BrO2.C4H8O.Al.Li.4H/c1-4-18-12(17)9(3)19-11-6-8(2)5-10(7-11)13(14,15)16;1-7-3-9(11(12,13)14)5-10(4-7)16-8(2)6-15;2*1-6-3-8(10(11,12)13)5-9(4-6)15-7(2)14;1-5-2-6(8(9,10)11)4-7(12)3-5;1-3-8-5(7)4(2)6;1-2-4-5-3-1;;;;;;/h5-7,9H,4H2,1-3H3;3-5,8,15H,6H2,1-2H3;2*3-5,7,14H,1-2H3;2-4,12H,1H3;4H,3H2,1-2H3;1-4H2;;;;;;/q;;;;;;;;+1;;;;-1/t;;2*7-;;;;;;;;;/m..10........./s1. The Kier molecular flexibility index (Phi) is 42.1. The smallest absolute Gasteiger partial charge is 1.00 e. The molecule has 13 nitrogen and oxygen atoms in total. The van der Waals surface area contributed by atoms with Crippen molar-refractivity contribution >= 4 is 45.2 Å². The predicted molar refractivity (Wildman–Crippen MR) is 317 cm³/mol. The molecule has 516 valence electrons. The van der Waals surface area contributed by atoms with Gasteiger partial charge in [0.05, 0.1) is 47.6 Å². The Labute approximate surface area is 556 Å². The number of halogens is 16. The molecule has 1 saturated heterocycles. The zero-order chi connectivity index (χ0) is 69.7. The number of aliphatic hydroxyl groups excluding tert-OH is 3. The number of ether oxygens (including phenoxy) is 7. The van der Waals surface area contributed by atoms with E-state index in [1.807, 2.05) is 0 Å². The number of hydrogen-bond donors (Lipinski definition) is 4. The number of rotatable bonds is 13. The van der Waals surface area contributed by atoms with Gasteiger partial charge in [0.15, 0.2) is 36.0 Å². The second-order valence-corrected chi connectivity index (χ2v) is 20.8. The van der Waals surface area contributed by atoms with Crippen molar-refractivity contribution in [1.29, 1.82) is 0 Å². The van der Waals surface area contributed by atoms with Crippen LogP contribution in [0.1, 0.15) is 118 Å². The van der Waals surface area contributed by atoms with Gasteiger partial charge in [-0.2, -0.15) is 65.9 Å². The Balaban J connectivity index is -0.000000506. The number of hydrogen-bond acceptors (Lipinski definition) is 13. The van der Waals surface area contributed by atoms with Gasteiger partial charge in [-0.05, 0) is 215 Å². The van der Waals surface area contributed by atoms with E-state index in [2.05, 4.69) is 20.7 Å². The molecule has 31 heteroatoms. The number of carbonyl (C=O) groups excluding carboxylic acids is 2. The molecule has 0 spiro atoms. The summed E-state index contributed by atoms with van der Waals surface area (Å²) in [4.78, 5) is 21.6. The fourth-order valence-corrected chi connectivity index (χ4v) is 6.92. The molecule has 5 aromatic carbocycles. The van der Waals surface area contributed by atoms with Crippen LogP contribution in [0.25, 0.3) is 0 Å². The predicted octanol–water partition coefficient (Wildman–Crippen LogP) is 12.4. The minimum Gasteiger partial charge on any atom is -1.00 e. The quantitative estimate of drug-likeness (QED) is 0.0288. The van der Waals surface area contributed by atoms with Crippen LogP contribution in [0.5, 0.6) is 28.7 Å². The monoisotopic (exact) mass is 1420 g/mol. The van der Waals surface area contributed by atoms with Crippen molar-refractivity contribution < 1.29 is 149 Å². The molecule has 0 bridgehead atoms. The first-order valence-electron chi connectivity index (χ1n) is 27.0. The van der Waals surface area contributed by atoms with Crippen LogP contribution in [0.3, 0.4) is 0 Å². The summed E-state index contributed by atoms with van der Waals surface area (Å²) in [7, 11) is 0. The summed E-state index contributed by atoms with van der Waals surface area (Å²) in [6.45, 7) is 20.9. The van der Waals surface area contributed by atoms with Gasteiger partial charge in [-0.3, -0.25) is 4.79 Å². The van der Waals surface area contributed by atoms with Crippen molar-refractivity contribution in [2.75, 3.05) is 33.0 Å². The van der Waals surface area contributed by atoms with E-state index in [1.165, 1.54) is 91.6 Å². The summed E-state index contributed by atoms with van der Waals surface area (Å²) in [5.41, 5.74) is -1.80. The Morgan fingerprint density at radius 2 is 0.750 bits per heavy atom. The van der Waals surface area contributed by atoms with Crippen LogP contribution < -0.4 is 37.8 Å². The Morgan fingerprint density at radius 1 is 0.478 bits per heavy atom. The number of aliphatic hydroxyl groups is 3. The van der Waals surface area contributed by atoms with Gasteiger partial charge in [0, 0.05) is 13.2 Å². The third kappa shape index (κ3) is 39.9. The molecule has 1 aliphatic rings. The van der Waals surface area contributed by atoms with Gasteiger partial charge in [0.1, 0.15) is 39.7 Å². The number of aromatic hydroxyl groups is 1. The van der Waals surface area contributed by atoms with Crippen LogP contribution in [-0.2, 0) is 54.7 Å².